The first-order valence-corrected chi connectivity index (χ1v) is 11.9. The van der Waals surface area contributed by atoms with Crippen LogP contribution in [0.4, 0.5) is 5.69 Å². The number of fused-ring (bicyclic) bond motifs is 1. The molecule has 1 fully saturated rings. The standard InChI is InChI=1S/C27H33N3O2/c1-19(2)17-23-27(32)30(18-25(31)28-21-13-7-4-8-14-21)24-16-10-9-15-22(24)26(29-23)20-11-5-3-6-12-20/h3,5-6,9-12,15-16,19,21,23H,4,7-8,13-14,17-18H2,1-2H3,(H,28,31)/t23-/m0/s1. The summed E-state index contributed by atoms with van der Waals surface area (Å²) >= 11 is 0. The number of carbonyl (C=O) groups is 2. The number of rotatable bonds is 6. The van der Waals surface area contributed by atoms with Gasteiger partial charge in [-0.3, -0.25) is 14.6 Å². The van der Waals surface area contributed by atoms with Crippen LogP contribution in [-0.4, -0.2) is 36.2 Å². The number of carbonyl (C=O) groups excluding carboxylic acids is 2. The minimum absolute atomic E-state index is 0.0263. The van der Waals surface area contributed by atoms with Crippen LogP contribution in [0.5, 0.6) is 0 Å². The molecule has 0 bridgehead atoms. The molecule has 1 saturated carbocycles. The summed E-state index contributed by atoms with van der Waals surface area (Å²) in [6.07, 6.45) is 6.23. The van der Waals surface area contributed by atoms with Crippen LogP contribution in [0, 0.1) is 5.92 Å². The largest absolute Gasteiger partial charge is 0.352 e. The normalized spacial score (nSPS) is 19.3. The van der Waals surface area contributed by atoms with Gasteiger partial charge in [0.2, 0.25) is 5.91 Å². The Morgan fingerprint density at radius 3 is 2.44 bits per heavy atom. The van der Waals surface area contributed by atoms with Crippen molar-refractivity contribution in [1.82, 2.24) is 5.32 Å². The van der Waals surface area contributed by atoms with Gasteiger partial charge in [0.25, 0.3) is 5.91 Å². The molecule has 2 aliphatic rings. The molecule has 0 unspecified atom stereocenters. The molecule has 1 aliphatic carbocycles. The van der Waals surface area contributed by atoms with Gasteiger partial charge < -0.3 is 10.2 Å². The summed E-state index contributed by atoms with van der Waals surface area (Å²) in [6.45, 7) is 4.23. The second-order valence-corrected chi connectivity index (χ2v) is 9.33. The van der Waals surface area contributed by atoms with E-state index in [1.807, 2.05) is 54.6 Å². The van der Waals surface area contributed by atoms with Gasteiger partial charge >= 0.3 is 0 Å². The van der Waals surface area contributed by atoms with Gasteiger partial charge in [-0.2, -0.15) is 0 Å². The van der Waals surface area contributed by atoms with Crippen molar-refractivity contribution < 1.29 is 9.59 Å². The maximum atomic E-state index is 13.7. The fourth-order valence-corrected chi connectivity index (χ4v) is 4.74. The number of anilines is 1. The van der Waals surface area contributed by atoms with Gasteiger partial charge in [-0.15, -0.1) is 0 Å². The van der Waals surface area contributed by atoms with E-state index < -0.39 is 6.04 Å². The lowest BCUT2D eigenvalue weighted by Gasteiger charge is -2.27. The third-order valence-electron chi connectivity index (χ3n) is 6.30. The summed E-state index contributed by atoms with van der Waals surface area (Å²) in [5, 5.41) is 3.17. The zero-order chi connectivity index (χ0) is 22.5. The Balaban J connectivity index is 1.69. The fourth-order valence-electron chi connectivity index (χ4n) is 4.74. The topological polar surface area (TPSA) is 61.8 Å². The van der Waals surface area contributed by atoms with Crippen LogP contribution in [0.15, 0.2) is 59.6 Å². The van der Waals surface area contributed by atoms with E-state index in [2.05, 4.69) is 19.2 Å². The van der Waals surface area contributed by atoms with Gasteiger partial charge in [0.1, 0.15) is 12.6 Å². The van der Waals surface area contributed by atoms with Crippen LogP contribution in [0.2, 0.25) is 0 Å². The summed E-state index contributed by atoms with van der Waals surface area (Å²) in [4.78, 5) is 33.3. The summed E-state index contributed by atoms with van der Waals surface area (Å²) < 4.78 is 0. The van der Waals surface area contributed by atoms with E-state index in [9.17, 15) is 9.59 Å². The van der Waals surface area contributed by atoms with Gasteiger partial charge in [-0.05, 0) is 31.2 Å². The summed E-state index contributed by atoms with van der Waals surface area (Å²) in [5.74, 6) is 0.117. The monoisotopic (exact) mass is 431 g/mol. The molecule has 0 spiro atoms. The van der Waals surface area contributed by atoms with Gasteiger partial charge in [-0.1, -0.05) is 81.6 Å². The third-order valence-corrected chi connectivity index (χ3v) is 6.30. The molecule has 2 amide bonds. The zero-order valence-electron chi connectivity index (χ0n) is 19.1. The molecule has 0 radical (unpaired) electrons. The Hall–Kier alpha value is -2.95. The van der Waals surface area contributed by atoms with Crippen molar-refractivity contribution in [3.8, 4) is 0 Å². The maximum Gasteiger partial charge on any atom is 0.252 e. The van der Waals surface area contributed by atoms with Crippen molar-refractivity contribution in [2.24, 2.45) is 10.9 Å². The number of amides is 2. The first kappa shape index (κ1) is 22.3. The predicted molar refractivity (Wildman–Crippen MR) is 129 cm³/mol. The first-order chi connectivity index (χ1) is 15.5. The highest BCUT2D eigenvalue weighted by Crippen LogP contribution is 2.30. The number of nitrogens with one attached hydrogen (secondary N) is 1. The second kappa shape index (κ2) is 10.1. The smallest absolute Gasteiger partial charge is 0.252 e. The lowest BCUT2D eigenvalue weighted by molar-refractivity contribution is -0.125. The van der Waals surface area contributed by atoms with Crippen molar-refractivity contribution in [3.63, 3.8) is 0 Å². The van der Waals surface area contributed by atoms with Crippen molar-refractivity contribution >= 4 is 23.2 Å². The molecule has 0 aromatic heterocycles. The van der Waals surface area contributed by atoms with Gasteiger partial charge in [-0.25, -0.2) is 0 Å². The molecule has 32 heavy (non-hydrogen) atoms. The highest BCUT2D eigenvalue weighted by atomic mass is 16.2. The Bertz CT molecular complexity index is 977. The Morgan fingerprint density at radius 1 is 1.03 bits per heavy atom. The zero-order valence-corrected chi connectivity index (χ0v) is 19.1. The highest BCUT2D eigenvalue weighted by Gasteiger charge is 2.33. The van der Waals surface area contributed by atoms with Crippen molar-refractivity contribution in [2.75, 3.05) is 11.4 Å². The summed E-state index contributed by atoms with van der Waals surface area (Å²) in [5.41, 5.74) is 3.44. The lowest BCUT2D eigenvalue weighted by Crippen LogP contribution is -2.47. The van der Waals surface area contributed by atoms with E-state index in [-0.39, 0.29) is 24.4 Å². The number of hydrogen-bond donors (Lipinski definition) is 1. The highest BCUT2D eigenvalue weighted by molar-refractivity contribution is 6.20. The molecule has 5 heteroatoms. The molecule has 4 rings (SSSR count). The Labute approximate surface area is 190 Å². The van der Waals surface area contributed by atoms with E-state index in [1.54, 1.807) is 4.90 Å². The molecule has 5 nitrogen and oxygen atoms in total. The number of hydrogen-bond acceptors (Lipinski definition) is 3. The number of nitrogens with zero attached hydrogens (tertiary/aromatic N) is 2. The van der Waals surface area contributed by atoms with Crippen molar-refractivity contribution in [1.29, 1.82) is 0 Å². The molecule has 2 aromatic rings. The molecule has 1 heterocycles. The maximum absolute atomic E-state index is 13.7. The minimum Gasteiger partial charge on any atom is -0.352 e. The fraction of sp³-hybridized carbons (Fsp3) is 0.444. The summed E-state index contributed by atoms with van der Waals surface area (Å²) in [7, 11) is 0. The van der Waals surface area contributed by atoms with Gasteiger partial charge in [0.15, 0.2) is 0 Å². The Kier molecular flexibility index (Phi) is 7.03. The molecule has 1 N–H and O–H groups in total. The minimum atomic E-state index is -0.514. The van der Waals surface area contributed by atoms with E-state index >= 15 is 0 Å². The molecule has 1 aliphatic heterocycles. The Morgan fingerprint density at radius 2 is 1.72 bits per heavy atom. The third kappa shape index (κ3) is 5.09. The predicted octanol–water partition coefficient (Wildman–Crippen LogP) is 4.73. The second-order valence-electron chi connectivity index (χ2n) is 9.33. The van der Waals surface area contributed by atoms with Crippen LogP contribution in [0.1, 0.15) is 63.5 Å². The molecule has 0 saturated heterocycles. The van der Waals surface area contributed by atoms with Gasteiger partial charge in [0, 0.05) is 17.2 Å². The molecule has 2 aromatic carbocycles. The SMILES string of the molecule is CC(C)C[C@@H]1N=C(c2ccccc2)c2ccccc2N(CC(=O)NC2CCCCC2)C1=O. The van der Waals surface area contributed by atoms with Crippen LogP contribution in [0.3, 0.4) is 0 Å². The molecular weight excluding hydrogens is 398 g/mol. The van der Waals surface area contributed by atoms with Crippen LogP contribution >= 0.6 is 0 Å². The molecule has 168 valence electrons. The van der Waals surface area contributed by atoms with Crippen LogP contribution < -0.4 is 10.2 Å². The molecule has 1 atom stereocenters. The molecular formula is C27H33N3O2. The van der Waals surface area contributed by atoms with Crippen LogP contribution in [0.25, 0.3) is 0 Å². The van der Waals surface area contributed by atoms with E-state index in [1.165, 1.54) is 6.42 Å². The van der Waals surface area contributed by atoms with Crippen molar-refractivity contribution in [2.45, 2.75) is 64.5 Å². The summed E-state index contributed by atoms with van der Waals surface area (Å²) in [6, 6.07) is 17.5. The van der Waals surface area contributed by atoms with Crippen LogP contribution in [-0.2, 0) is 9.59 Å². The number of para-hydroxylation sites is 1. The van der Waals surface area contributed by atoms with Gasteiger partial charge in [0.05, 0.1) is 11.4 Å². The quantitative estimate of drug-likeness (QED) is 0.718. The first-order valence-electron chi connectivity index (χ1n) is 11.9. The average Bonchev–Trinajstić information content (AvgIpc) is 2.91. The van der Waals surface area contributed by atoms with E-state index in [4.69, 9.17) is 4.99 Å². The number of benzodiazepines with no additional fused rings is 1. The van der Waals surface area contributed by atoms with E-state index in [0.717, 1.165) is 48.2 Å². The average molecular weight is 432 g/mol. The number of aliphatic imine (C=N–C) groups is 1. The lowest BCUT2D eigenvalue weighted by atomic mass is 9.95. The van der Waals surface area contributed by atoms with E-state index in [0.29, 0.717) is 12.3 Å². The van der Waals surface area contributed by atoms with Crippen molar-refractivity contribution in [3.05, 3.63) is 65.7 Å². The number of benzene rings is 2.